The molecule has 3 aromatic rings. The standard InChI is InChI=1S/C23H24FN3OS/c1-15-6-2-5-9-20(15)25-21(28)14-29-23-19-8-4-3-7-18(19)22(26-27-23)16-10-12-17(24)13-11-16/h3-4,7-8,10-13,15,20H,2,5-6,9,14H2,1H3,(H,25,28)/t15-,20-/m0/s1. The third-order valence-electron chi connectivity index (χ3n) is 5.57. The number of benzene rings is 2. The topological polar surface area (TPSA) is 54.9 Å². The van der Waals surface area contributed by atoms with Gasteiger partial charge in [-0.2, -0.15) is 0 Å². The number of nitrogens with zero attached hydrogens (tertiary/aromatic N) is 2. The van der Waals surface area contributed by atoms with Gasteiger partial charge in [0.1, 0.15) is 16.5 Å². The van der Waals surface area contributed by atoms with Crippen LogP contribution in [0.1, 0.15) is 32.6 Å². The average molecular weight is 410 g/mol. The van der Waals surface area contributed by atoms with Crippen molar-refractivity contribution < 1.29 is 9.18 Å². The van der Waals surface area contributed by atoms with E-state index in [-0.39, 0.29) is 17.8 Å². The first-order valence-electron chi connectivity index (χ1n) is 10.1. The molecule has 0 spiro atoms. The minimum absolute atomic E-state index is 0.0437. The van der Waals surface area contributed by atoms with Crippen LogP contribution in [0.3, 0.4) is 0 Å². The van der Waals surface area contributed by atoms with Crippen molar-refractivity contribution in [2.45, 2.75) is 43.7 Å². The molecule has 0 aliphatic heterocycles. The maximum atomic E-state index is 13.3. The van der Waals surface area contributed by atoms with Crippen molar-refractivity contribution in [3.05, 3.63) is 54.3 Å². The van der Waals surface area contributed by atoms with Gasteiger partial charge in [0.2, 0.25) is 5.91 Å². The Labute approximate surface area is 174 Å². The molecule has 1 heterocycles. The number of aromatic nitrogens is 2. The number of halogens is 1. The highest BCUT2D eigenvalue weighted by Gasteiger charge is 2.23. The Morgan fingerprint density at radius 1 is 1.07 bits per heavy atom. The predicted octanol–water partition coefficient (Wildman–Crippen LogP) is 5.22. The summed E-state index contributed by atoms with van der Waals surface area (Å²) in [5.41, 5.74) is 1.53. The molecule has 150 valence electrons. The molecule has 4 rings (SSSR count). The molecule has 29 heavy (non-hydrogen) atoms. The lowest BCUT2D eigenvalue weighted by Gasteiger charge is -2.29. The molecule has 1 aliphatic rings. The van der Waals surface area contributed by atoms with Crippen LogP contribution in [0.5, 0.6) is 0 Å². The molecule has 6 heteroatoms. The molecule has 0 saturated heterocycles. The van der Waals surface area contributed by atoms with Crippen LogP contribution >= 0.6 is 11.8 Å². The zero-order chi connectivity index (χ0) is 20.2. The molecule has 1 aliphatic carbocycles. The van der Waals surface area contributed by atoms with E-state index in [1.807, 2.05) is 24.3 Å². The minimum Gasteiger partial charge on any atom is -0.352 e. The number of fused-ring (bicyclic) bond motifs is 1. The Balaban J connectivity index is 1.52. The Morgan fingerprint density at radius 3 is 2.55 bits per heavy atom. The van der Waals surface area contributed by atoms with Crippen LogP contribution < -0.4 is 5.32 Å². The summed E-state index contributed by atoms with van der Waals surface area (Å²) in [7, 11) is 0. The highest BCUT2D eigenvalue weighted by molar-refractivity contribution is 8.00. The summed E-state index contributed by atoms with van der Waals surface area (Å²) in [6.07, 6.45) is 4.68. The number of thioether (sulfide) groups is 1. The molecule has 0 unspecified atom stereocenters. The second kappa shape index (κ2) is 8.91. The van der Waals surface area contributed by atoms with E-state index in [1.54, 1.807) is 12.1 Å². The first kappa shape index (κ1) is 19.8. The first-order valence-corrected chi connectivity index (χ1v) is 11.0. The third-order valence-corrected chi connectivity index (χ3v) is 6.55. The number of carbonyl (C=O) groups excluding carboxylic acids is 1. The zero-order valence-electron chi connectivity index (χ0n) is 16.4. The number of rotatable bonds is 5. The van der Waals surface area contributed by atoms with E-state index in [4.69, 9.17) is 0 Å². The van der Waals surface area contributed by atoms with Crippen LogP contribution in [0.25, 0.3) is 22.0 Å². The lowest BCUT2D eigenvalue weighted by Crippen LogP contribution is -2.41. The van der Waals surface area contributed by atoms with Crippen LogP contribution in [0.4, 0.5) is 4.39 Å². The maximum Gasteiger partial charge on any atom is 0.230 e. The molecular weight excluding hydrogens is 385 g/mol. The Hall–Kier alpha value is -2.47. The Kier molecular flexibility index (Phi) is 6.09. The molecule has 1 fully saturated rings. The normalized spacial score (nSPS) is 19.2. The van der Waals surface area contributed by atoms with E-state index in [0.717, 1.165) is 27.8 Å². The monoisotopic (exact) mass is 409 g/mol. The van der Waals surface area contributed by atoms with E-state index in [0.29, 0.717) is 17.4 Å². The largest absolute Gasteiger partial charge is 0.352 e. The summed E-state index contributed by atoms with van der Waals surface area (Å²) in [6, 6.07) is 14.4. The lowest BCUT2D eigenvalue weighted by molar-refractivity contribution is -0.119. The van der Waals surface area contributed by atoms with Crippen molar-refractivity contribution in [3.63, 3.8) is 0 Å². The van der Waals surface area contributed by atoms with E-state index in [9.17, 15) is 9.18 Å². The smallest absolute Gasteiger partial charge is 0.230 e. The van der Waals surface area contributed by atoms with Gasteiger partial charge in [0, 0.05) is 22.4 Å². The van der Waals surface area contributed by atoms with Crippen molar-refractivity contribution in [2.75, 3.05) is 5.75 Å². The van der Waals surface area contributed by atoms with Gasteiger partial charge in [-0.05, 0) is 43.0 Å². The van der Waals surface area contributed by atoms with Crippen LogP contribution in [0.2, 0.25) is 0 Å². The molecular formula is C23H24FN3OS. The fourth-order valence-corrected chi connectivity index (χ4v) is 4.70. The van der Waals surface area contributed by atoms with Gasteiger partial charge in [0.15, 0.2) is 0 Å². The van der Waals surface area contributed by atoms with Crippen molar-refractivity contribution >= 4 is 28.4 Å². The summed E-state index contributed by atoms with van der Waals surface area (Å²) in [4.78, 5) is 12.5. The van der Waals surface area contributed by atoms with E-state index < -0.39 is 0 Å². The fourth-order valence-electron chi connectivity index (χ4n) is 3.92. The maximum absolute atomic E-state index is 13.3. The summed E-state index contributed by atoms with van der Waals surface area (Å²) >= 11 is 1.41. The van der Waals surface area contributed by atoms with E-state index in [1.165, 1.54) is 43.2 Å². The van der Waals surface area contributed by atoms with Crippen molar-refractivity contribution in [1.82, 2.24) is 15.5 Å². The van der Waals surface area contributed by atoms with Crippen LogP contribution in [0, 0.1) is 11.7 Å². The second-order valence-corrected chi connectivity index (χ2v) is 8.59. The molecule has 1 amide bonds. The lowest BCUT2D eigenvalue weighted by atomic mass is 9.86. The van der Waals surface area contributed by atoms with Crippen molar-refractivity contribution in [3.8, 4) is 11.3 Å². The predicted molar refractivity (Wildman–Crippen MR) is 115 cm³/mol. The highest BCUT2D eigenvalue weighted by atomic mass is 32.2. The Bertz CT molecular complexity index is 1010. The average Bonchev–Trinajstić information content (AvgIpc) is 2.74. The van der Waals surface area contributed by atoms with E-state index in [2.05, 4.69) is 22.4 Å². The molecule has 0 bridgehead atoms. The number of carbonyl (C=O) groups is 1. The van der Waals surface area contributed by atoms with Crippen LogP contribution in [-0.4, -0.2) is 27.9 Å². The highest BCUT2D eigenvalue weighted by Crippen LogP contribution is 2.32. The fraction of sp³-hybridized carbons (Fsp3) is 0.348. The van der Waals surface area contributed by atoms with Gasteiger partial charge in [0.25, 0.3) is 0 Å². The molecule has 0 radical (unpaired) electrons. The van der Waals surface area contributed by atoms with Crippen molar-refractivity contribution in [1.29, 1.82) is 0 Å². The Morgan fingerprint density at radius 2 is 1.79 bits per heavy atom. The molecule has 2 aromatic carbocycles. The second-order valence-electron chi connectivity index (χ2n) is 7.63. The van der Waals surface area contributed by atoms with Gasteiger partial charge in [-0.25, -0.2) is 4.39 Å². The van der Waals surface area contributed by atoms with Crippen LogP contribution in [0.15, 0.2) is 53.6 Å². The SMILES string of the molecule is C[C@H]1CCCC[C@@H]1NC(=O)CSc1nnc(-c2ccc(F)cc2)c2ccccc12. The number of amides is 1. The van der Waals surface area contributed by atoms with Gasteiger partial charge < -0.3 is 5.32 Å². The molecule has 2 atom stereocenters. The van der Waals surface area contributed by atoms with Gasteiger partial charge in [-0.1, -0.05) is 55.8 Å². The van der Waals surface area contributed by atoms with E-state index >= 15 is 0 Å². The third kappa shape index (κ3) is 4.58. The first-order chi connectivity index (χ1) is 14.1. The van der Waals surface area contributed by atoms with Gasteiger partial charge in [0.05, 0.1) is 5.75 Å². The number of hydrogen-bond acceptors (Lipinski definition) is 4. The number of nitrogens with one attached hydrogen (secondary N) is 1. The minimum atomic E-state index is -0.281. The molecule has 1 N–H and O–H groups in total. The summed E-state index contributed by atoms with van der Waals surface area (Å²) in [5.74, 6) is 0.615. The van der Waals surface area contributed by atoms with Crippen LogP contribution in [-0.2, 0) is 4.79 Å². The van der Waals surface area contributed by atoms with Gasteiger partial charge >= 0.3 is 0 Å². The summed E-state index contributed by atoms with van der Waals surface area (Å²) < 4.78 is 13.3. The number of hydrogen-bond donors (Lipinski definition) is 1. The quantitative estimate of drug-likeness (QED) is 0.587. The molecule has 4 nitrogen and oxygen atoms in total. The summed E-state index contributed by atoms with van der Waals surface area (Å²) in [5, 5.41) is 14.6. The van der Waals surface area contributed by atoms with Gasteiger partial charge in [-0.15, -0.1) is 10.2 Å². The van der Waals surface area contributed by atoms with Crippen molar-refractivity contribution in [2.24, 2.45) is 5.92 Å². The summed E-state index contributed by atoms with van der Waals surface area (Å²) in [6.45, 7) is 2.21. The zero-order valence-corrected chi connectivity index (χ0v) is 17.2. The van der Waals surface area contributed by atoms with Gasteiger partial charge in [-0.3, -0.25) is 4.79 Å². The molecule has 1 aromatic heterocycles. The molecule has 1 saturated carbocycles.